The maximum atomic E-state index is 3.67. The molecule has 1 N–H and O–H groups in total. The van der Waals surface area contributed by atoms with E-state index >= 15 is 0 Å². The fourth-order valence-corrected chi connectivity index (χ4v) is 2.49. The van der Waals surface area contributed by atoms with Crippen LogP contribution in [0.2, 0.25) is 0 Å². The molecule has 0 radical (unpaired) electrons. The molecule has 0 aromatic heterocycles. The summed E-state index contributed by atoms with van der Waals surface area (Å²) in [6.45, 7) is 4.65. The van der Waals surface area contributed by atoms with Gasteiger partial charge in [-0.25, -0.2) is 0 Å². The Hall–Kier alpha value is -0.0800. The average Bonchev–Trinajstić information content (AvgIpc) is 2.44. The van der Waals surface area contributed by atoms with Crippen LogP contribution in [-0.4, -0.2) is 38.1 Å². The van der Waals surface area contributed by atoms with Crippen molar-refractivity contribution in [2.75, 3.05) is 27.2 Å². The molecule has 1 aliphatic rings. The molecule has 0 amide bonds. The van der Waals surface area contributed by atoms with Crippen molar-refractivity contribution in [3.63, 3.8) is 0 Å². The van der Waals surface area contributed by atoms with Gasteiger partial charge in [0.25, 0.3) is 0 Å². The van der Waals surface area contributed by atoms with Crippen molar-refractivity contribution < 1.29 is 0 Å². The van der Waals surface area contributed by atoms with E-state index in [-0.39, 0.29) is 0 Å². The van der Waals surface area contributed by atoms with Gasteiger partial charge in [-0.1, -0.05) is 25.7 Å². The first-order valence-electron chi connectivity index (χ1n) is 6.58. The largest absolute Gasteiger partial charge is 0.313 e. The number of hydrogen-bond donors (Lipinski definition) is 1. The van der Waals surface area contributed by atoms with Crippen molar-refractivity contribution >= 4 is 0 Å². The highest BCUT2D eigenvalue weighted by molar-refractivity contribution is 4.75. The second-order valence-corrected chi connectivity index (χ2v) is 5.30. The predicted molar refractivity (Wildman–Crippen MR) is 67.2 cm³/mol. The van der Waals surface area contributed by atoms with Gasteiger partial charge >= 0.3 is 0 Å². The van der Waals surface area contributed by atoms with Crippen LogP contribution in [0, 0.1) is 5.92 Å². The maximum Gasteiger partial charge on any atom is 0.0101 e. The van der Waals surface area contributed by atoms with Crippen LogP contribution in [0.1, 0.15) is 45.4 Å². The average molecular weight is 212 g/mol. The molecule has 0 bridgehead atoms. The standard InChI is InChI=1S/C13H28N2/c1-12(14-10-11-15(2)3)13-8-6-4-5-7-9-13/h12-14H,4-11H2,1-3H3/t12-/m1/s1. The zero-order valence-corrected chi connectivity index (χ0v) is 10.8. The first-order chi connectivity index (χ1) is 7.20. The quantitative estimate of drug-likeness (QED) is 0.704. The van der Waals surface area contributed by atoms with E-state index in [4.69, 9.17) is 0 Å². The Kier molecular flexibility index (Phi) is 6.26. The summed E-state index contributed by atoms with van der Waals surface area (Å²) in [5.74, 6) is 0.926. The third kappa shape index (κ3) is 5.53. The number of likely N-dealkylation sites (N-methyl/N-ethyl adjacent to an activating group) is 1. The SMILES string of the molecule is C[C@@H](NCCN(C)C)C1CCCCCC1. The monoisotopic (exact) mass is 212 g/mol. The molecule has 1 fully saturated rings. The molecule has 0 aliphatic heterocycles. The molecule has 90 valence electrons. The van der Waals surface area contributed by atoms with E-state index in [1.54, 1.807) is 0 Å². The topological polar surface area (TPSA) is 15.3 Å². The van der Waals surface area contributed by atoms with E-state index in [9.17, 15) is 0 Å². The lowest BCUT2D eigenvalue weighted by molar-refractivity contribution is 0.317. The predicted octanol–water partition coefficient (Wildman–Crippen LogP) is 2.50. The normalized spacial score (nSPS) is 21.6. The van der Waals surface area contributed by atoms with Crippen LogP contribution in [0.25, 0.3) is 0 Å². The lowest BCUT2D eigenvalue weighted by Crippen LogP contribution is -2.37. The van der Waals surface area contributed by atoms with Crippen LogP contribution < -0.4 is 5.32 Å². The number of nitrogens with zero attached hydrogens (tertiary/aromatic N) is 1. The van der Waals surface area contributed by atoms with Gasteiger partial charge in [-0.05, 0) is 39.8 Å². The second-order valence-electron chi connectivity index (χ2n) is 5.30. The molecule has 1 saturated carbocycles. The molecule has 0 aromatic rings. The third-order valence-corrected chi connectivity index (χ3v) is 3.63. The molecule has 0 unspecified atom stereocenters. The summed E-state index contributed by atoms with van der Waals surface area (Å²) in [6, 6.07) is 0.711. The summed E-state index contributed by atoms with van der Waals surface area (Å²) in [4.78, 5) is 2.24. The Balaban J connectivity index is 2.16. The number of nitrogens with one attached hydrogen (secondary N) is 1. The number of rotatable bonds is 5. The highest BCUT2D eigenvalue weighted by Crippen LogP contribution is 2.25. The van der Waals surface area contributed by atoms with Crippen molar-refractivity contribution in [3.05, 3.63) is 0 Å². The van der Waals surface area contributed by atoms with Gasteiger partial charge in [0.15, 0.2) is 0 Å². The van der Waals surface area contributed by atoms with Crippen LogP contribution in [0.5, 0.6) is 0 Å². The molecule has 0 spiro atoms. The van der Waals surface area contributed by atoms with Crippen molar-refractivity contribution in [2.45, 2.75) is 51.5 Å². The summed E-state index contributed by atoms with van der Waals surface area (Å²) in [5, 5.41) is 3.67. The first-order valence-corrected chi connectivity index (χ1v) is 6.58. The van der Waals surface area contributed by atoms with Gasteiger partial charge in [0, 0.05) is 19.1 Å². The van der Waals surface area contributed by atoms with Crippen LogP contribution in [0.4, 0.5) is 0 Å². The molecule has 0 heterocycles. The van der Waals surface area contributed by atoms with Gasteiger partial charge in [0.2, 0.25) is 0 Å². The maximum absolute atomic E-state index is 3.67. The van der Waals surface area contributed by atoms with E-state index in [1.165, 1.54) is 38.5 Å². The fraction of sp³-hybridized carbons (Fsp3) is 1.00. The summed E-state index contributed by atoms with van der Waals surface area (Å²) >= 11 is 0. The van der Waals surface area contributed by atoms with Crippen LogP contribution in [0.15, 0.2) is 0 Å². The Morgan fingerprint density at radius 3 is 2.27 bits per heavy atom. The van der Waals surface area contributed by atoms with Gasteiger partial charge < -0.3 is 10.2 Å². The Labute approximate surface area is 95.4 Å². The lowest BCUT2D eigenvalue weighted by atomic mass is 9.93. The fourth-order valence-electron chi connectivity index (χ4n) is 2.49. The minimum absolute atomic E-state index is 0.711. The van der Waals surface area contributed by atoms with E-state index in [0.717, 1.165) is 19.0 Å². The van der Waals surface area contributed by atoms with Gasteiger partial charge in [-0.15, -0.1) is 0 Å². The van der Waals surface area contributed by atoms with Gasteiger partial charge in [-0.3, -0.25) is 0 Å². The van der Waals surface area contributed by atoms with E-state index in [2.05, 4.69) is 31.2 Å². The first kappa shape index (κ1) is 13.0. The number of hydrogen-bond acceptors (Lipinski definition) is 2. The molecular formula is C13H28N2. The van der Waals surface area contributed by atoms with Gasteiger partial charge in [-0.2, -0.15) is 0 Å². The van der Waals surface area contributed by atoms with Crippen LogP contribution in [0.3, 0.4) is 0 Å². The minimum atomic E-state index is 0.711. The molecule has 1 atom stereocenters. The molecule has 2 nitrogen and oxygen atoms in total. The van der Waals surface area contributed by atoms with Crippen molar-refractivity contribution in [1.82, 2.24) is 10.2 Å². The van der Waals surface area contributed by atoms with Crippen molar-refractivity contribution in [2.24, 2.45) is 5.92 Å². The van der Waals surface area contributed by atoms with Gasteiger partial charge in [0.1, 0.15) is 0 Å². The lowest BCUT2D eigenvalue weighted by Gasteiger charge is -2.24. The second kappa shape index (κ2) is 7.24. The van der Waals surface area contributed by atoms with Crippen molar-refractivity contribution in [3.8, 4) is 0 Å². The molecule has 1 rings (SSSR count). The molecule has 0 saturated heterocycles. The molecule has 15 heavy (non-hydrogen) atoms. The zero-order valence-electron chi connectivity index (χ0n) is 10.8. The molecular weight excluding hydrogens is 184 g/mol. The zero-order chi connectivity index (χ0) is 11.1. The summed E-state index contributed by atoms with van der Waals surface area (Å²) in [5.41, 5.74) is 0. The highest BCUT2D eigenvalue weighted by atomic mass is 15.1. The third-order valence-electron chi connectivity index (χ3n) is 3.63. The highest BCUT2D eigenvalue weighted by Gasteiger charge is 2.18. The Morgan fingerprint density at radius 2 is 1.73 bits per heavy atom. The van der Waals surface area contributed by atoms with Crippen LogP contribution >= 0.6 is 0 Å². The van der Waals surface area contributed by atoms with Gasteiger partial charge in [0.05, 0.1) is 0 Å². The Morgan fingerprint density at radius 1 is 1.13 bits per heavy atom. The molecule has 1 aliphatic carbocycles. The summed E-state index contributed by atoms with van der Waals surface area (Å²) in [7, 11) is 4.27. The smallest absolute Gasteiger partial charge is 0.0101 e. The minimum Gasteiger partial charge on any atom is -0.313 e. The van der Waals surface area contributed by atoms with E-state index in [0.29, 0.717) is 6.04 Å². The molecule has 0 aromatic carbocycles. The van der Waals surface area contributed by atoms with E-state index in [1.807, 2.05) is 0 Å². The Bertz CT molecular complexity index is 149. The van der Waals surface area contributed by atoms with Crippen LogP contribution in [-0.2, 0) is 0 Å². The summed E-state index contributed by atoms with van der Waals surface area (Å²) < 4.78 is 0. The van der Waals surface area contributed by atoms with Crippen molar-refractivity contribution in [1.29, 1.82) is 0 Å². The van der Waals surface area contributed by atoms with E-state index < -0.39 is 0 Å². The summed E-state index contributed by atoms with van der Waals surface area (Å²) in [6.07, 6.45) is 8.70. The molecule has 2 heteroatoms.